The van der Waals surface area contributed by atoms with Crippen LogP contribution in [0.25, 0.3) is 0 Å². The minimum Gasteiger partial charge on any atom is -0.372 e. The van der Waals surface area contributed by atoms with Crippen molar-refractivity contribution in [1.82, 2.24) is 10.2 Å². The summed E-state index contributed by atoms with van der Waals surface area (Å²) in [5, 5.41) is 3.16. The Balaban J connectivity index is 1.30. The summed E-state index contributed by atoms with van der Waals surface area (Å²) in [6, 6.07) is 16.8. The second kappa shape index (κ2) is 10.5. The number of nitrogens with one attached hydrogen (secondary N) is 1. The van der Waals surface area contributed by atoms with Gasteiger partial charge in [-0.1, -0.05) is 38.1 Å². The predicted octanol–water partition coefficient (Wildman–Crippen LogP) is 5.65. The first-order valence-corrected chi connectivity index (χ1v) is 12.4. The normalized spacial score (nSPS) is 21.3. The molecule has 0 radical (unpaired) electrons. The topological polar surface area (TPSA) is 35.6 Å². The molecule has 32 heavy (non-hydrogen) atoms. The molecule has 2 aromatic carbocycles. The summed E-state index contributed by atoms with van der Waals surface area (Å²) in [5.41, 5.74) is 4.44. The van der Waals surface area contributed by atoms with Gasteiger partial charge in [0.2, 0.25) is 0 Å². The van der Waals surface area contributed by atoms with Gasteiger partial charge in [0.05, 0.1) is 6.04 Å². The van der Waals surface area contributed by atoms with Gasteiger partial charge >= 0.3 is 0 Å². The van der Waals surface area contributed by atoms with E-state index in [-0.39, 0.29) is 11.9 Å². The van der Waals surface area contributed by atoms with Gasteiger partial charge in [-0.25, -0.2) is 0 Å². The molecule has 2 aromatic rings. The number of carbonyl (C=O) groups excluding carboxylic acids is 1. The van der Waals surface area contributed by atoms with Crippen LogP contribution in [0.3, 0.4) is 0 Å². The minimum atomic E-state index is -0.0209. The first-order chi connectivity index (χ1) is 15.5. The largest absolute Gasteiger partial charge is 0.372 e. The molecule has 4 rings (SSSR count). The molecule has 0 saturated carbocycles. The number of carbonyl (C=O) groups is 1. The molecule has 2 saturated heterocycles. The summed E-state index contributed by atoms with van der Waals surface area (Å²) in [5.74, 6) is 1.61. The average Bonchev–Trinajstić information content (AvgIpc) is 2.80. The predicted molar refractivity (Wildman–Crippen MR) is 133 cm³/mol. The molecule has 2 aliphatic rings. The first kappa shape index (κ1) is 22.8. The molecule has 0 aliphatic carbocycles. The van der Waals surface area contributed by atoms with Crippen LogP contribution in [0.5, 0.6) is 0 Å². The van der Waals surface area contributed by atoms with Crippen LogP contribution in [0, 0.1) is 11.8 Å². The number of hydrogen-bond donors (Lipinski definition) is 1. The third-order valence-electron chi connectivity index (χ3n) is 7.25. The molecular formula is C28H39N3O. The number of benzene rings is 2. The standard InChI is InChI=1S/C28H39N3O/c1-21-14-17-31(18-15-21)27-12-10-25(11-13-27)23(3)29-28(32)26-8-6-24(7-9-26)20-30-16-4-5-22(2)19-30/h6-13,21-23H,4-5,14-20H2,1-3H3,(H,29,32)/t22-,23-/m1/s1. The van der Waals surface area contributed by atoms with Gasteiger partial charge in [0, 0.05) is 37.4 Å². The zero-order valence-electron chi connectivity index (χ0n) is 20.0. The second-order valence-corrected chi connectivity index (χ2v) is 10.1. The number of piperidine rings is 2. The molecule has 1 amide bonds. The smallest absolute Gasteiger partial charge is 0.251 e. The maximum absolute atomic E-state index is 12.8. The monoisotopic (exact) mass is 433 g/mol. The van der Waals surface area contributed by atoms with Crippen molar-refractivity contribution in [3.8, 4) is 0 Å². The number of nitrogens with zero attached hydrogens (tertiary/aromatic N) is 2. The van der Waals surface area contributed by atoms with Gasteiger partial charge in [0.15, 0.2) is 0 Å². The Hall–Kier alpha value is -2.33. The Kier molecular flexibility index (Phi) is 7.51. The average molecular weight is 434 g/mol. The van der Waals surface area contributed by atoms with Crippen LogP contribution in [-0.4, -0.2) is 37.0 Å². The fourth-order valence-corrected chi connectivity index (χ4v) is 5.05. The summed E-state index contributed by atoms with van der Waals surface area (Å²) < 4.78 is 0. The summed E-state index contributed by atoms with van der Waals surface area (Å²) in [4.78, 5) is 17.8. The Labute approximate surface area is 194 Å². The van der Waals surface area contributed by atoms with E-state index < -0.39 is 0 Å². The highest BCUT2D eigenvalue weighted by Gasteiger charge is 2.18. The van der Waals surface area contributed by atoms with Gasteiger partial charge in [-0.3, -0.25) is 9.69 Å². The summed E-state index contributed by atoms with van der Waals surface area (Å²) in [6.45, 7) is 12.3. The van der Waals surface area contributed by atoms with Crippen molar-refractivity contribution in [2.75, 3.05) is 31.1 Å². The molecule has 2 fully saturated rings. The Morgan fingerprint density at radius 1 is 0.938 bits per heavy atom. The Morgan fingerprint density at radius 2 is 1.62 bits per heavy atom. The van der Waals surface area contributed by atoms with Crippen LogP contribution >= 0.6 is 0 Å². The molecular weight excluding hydrogens is 394 g/mol. The first-order valence-electron chi connectivity index (χ1n) is 12.4. The number of likely N-dealkylation sites (tertiary alicyclic amines) is 1. The summed E-state index contributed by atoms with van der Waals surface area (Å²) in [7, 11) is 0. The third-order valence-corrected chi connectivity index (χ3v) is 7.25. The second-order valence-electron chi connectivity index (χ2n) is 10.1. The molecule has 0 aromatic heterocycles. The quantitative estimate of drug-likeness (QED) is 0.640. The van der Waals surface area contributed by atoms with Gasteiger partial charge in [-0.2, -0.15) is 0 Å². The molecule has 0 bridgehead atoms. The van der Waals surface area contributed by atoms with Crippen molar-refractivity contribution >= 4 is 11.6 Å². The van der Waals surface area contributed by atoms with Crippen molar-refractivity contribution in [2.24, 2.45) is 11.8 Å². The van der Waals surface area contributed by atoms with E-state index in [1.807, 2.05) is 12.1 Å². The number of amides is 1. The molecule has 172 valence electrons. The maximum Gasteiger partial charge on any atom is 0.251 e. The fourth-order valence-electron chi connectivity index (χ4n) is 5.05. The van der Waals surface area contributed by atoms with Gasteiger partial charge < -0.3 is 10.2 Å². The molecule has 0 spiro atoms. The summed E-state index contributed by atoms with van der Waals surface area (Å²) in [6.07, 6.45) is 5.17. The molecule has 2 aliphatic heterocycles. The van der Waals surface area contributed by atoms with E-state index in [4.69, 9.17) is 0 Å². The van der Waals surface area contributed by atoms with Crippen LogP contribution in [0.4, 0.5) is 5.69 Å². The van der Waals surface area contributed by atoms with E-state index in [0.717, 1.165) is 42.6 Å². The lowest BCUT2D eigenvalue weighted by Crippen LogP contribution is -2.33. The van der Waals surface area contributed by atoms with E-state index in [9.17, 15) is 4.79 Å². The molecule has 2 atom stereocenters. The highest BCUT2D eigenvalue weighted by atomic mass is 16.1. The van der Waals surface area contributed by atoms with Crippen LogP contribution in [-0.2, 0) is 6.54 Å². The van der Waals surface area contributed by atoms with Gasteiger partial charge in [-0.15, -0.1) is 0 Å². The van der Waals surface area contributed by atoms with Crippen molar-refractivity contribution < 1.29 is 4.79 Å². The molecule has 1 N–H and O–H groups in total. The highest BCUT2D eigenvalue weighted by molar-refractivity contribution is 5.94. The summed E-state index contributed by atoms with van der Waals surface area (Å²) >= 11 is 0. The van der Waals surface area contributed by atoms with E-state index in [2.05, 4.69) is 72.3 Å². The van der Waals surface area contributed by atoms with E-state index in [0.29, 0.717) is 0 Å². The lowest BCUT2D eigenvalue weighted by molar-refractivity contribution is 0.0940. The van der Waals surface area contributed by atoms with Gasteiger partial charge in [-0.05, 0) is 86.4 Å². The van der Waals surface area contributed by atoms with Gasteiger partial charge in [0.25, 0.3) is 5.91 Å². The molecule has 2 heterocycles. The van der Waals surface area contributed by atoms with Crippen molar-refractivity contribution in [3.05, 3.63) is 65.2 Å². The lowest BCUT2D eigenvalue weighted by atomic mass is 9.98. The van der Waals surface area contributed by atoms with Crippen LogP contribution in [0.15, 0.2) is 48.5 Å². The number of anilines is 1. The van der Waals surface area contributed by atoms with Crippen molar-refractivity contribution in [2.45, 2.75) is 59.0 Å². The molecule has 4 nitrogen and oxygen atoms in total. The third kappa shape index (κ3) is 5.92. The Bertz CT molecular complexity index is 869. The lowest BCUT2D eigenvalue weighted by Gasteiger charge is -2.32. The Morgan fingerprint density at radius 3 is 2.28 bits per heavy atom. The highest BCUT2D eigenvalue weighted by Crippen LogP contribution is 2.25. The zero-order chi connectivity index (χ0) is 22.5. The van der Waals surface area contributed by atoms with Gasteiger partial charge in [0.1, 0.15) is 0 Å². The molecule has 0 unspecified atom stereocenters. The van der Waals surface area contributed by atoms with Crippen LogP contribution in [0.2, 0.25) is 0 Å². The van der Waals surface area contributed by atoms with Crippen molar-refractivity contribution in [1.29, 1.82) is 0 Å². The molecule has 4 heteroatoms. The zero-order valence-corrected chi connectivity index (χ0v) is 20.0. The number of hydrogen-bond acceptors (Lipinski definition) is 3. The number of rotatable bonds is 6. The fraction of sp³-hybridized carbons (Fsp3) is 0.536. The van der Waals surface area contributed by atoms with E-state index >= 15 is 0 Å². The van der Waals surface area contributed by atoms with E-state index in [1.165, 1.54) is 50.0 Å². The van der Waals surface area contributed by atoms with Crippen molar-refractivity contribution in [3.63, 3.8) is 0 Å². The van der Waals surface area contributed by atoms with Crippen LogP contribution < -0.4 is 10.2 Å². The maximum atomic E-state index is 12.8. The van der Waals surface area contributed by atoms with Crippen LogP contribution in [0.1, 0.15) is 74.0 Å². The van der Waals surface area contributed by atoms with E-state index in [1.54, 1.807) is 0 Å². The SMILES string of the molecule is CC1CCN(c2ccc([C@@H](C)NC(=O)c3ccc(CN4CCC[C@@H](C)C4)cc3)cc2)CC1. The minimum absolute atomic E-state index is 0.00950.